The number of carbonyl (C=O) groups excluding carboxylic acids is 3. The number of hydrogen-bond donors (Lipinski definition) is 1. The number of alkyl halides is 1. The summed E-state index contributed by atoms with van der Waals surface area (Å²) in [6.07, 6.45) is 1.55. The first-order valence-electron chi connectivity index (χ1n) is 7.23. The number of Topliss-reactive ketones (excluding diaryl/α,β-unsaturated/α-hetero) is 1. The monoisotopic (exact) mass is 367 g/mol. The summed E-state index contributed by atoms with van der Waals surface area (Å²) in [7, 11) is 0. The number of nitrogens with one attached hydrogen (secondary N) is 1. The second-order valence-corrected chi connectivity index (χ2v) is 6.30. The zero-order chi connectivity index (χ0) is 16.1. The lowest BCUT2D eigenvalue weighted by atomic mass is 10.00. The summed E-state index contributed by atoms with van der Waals surface area (Å²) in [4.78, 5) is 35.4. The Labute approximate surface area is 137 Å². The third-order valence-electron chi connectivity index (χ3n) is 3.67. The zero-order valence-electron chi connectivity index (χ0n) is 12.3. The van der Waals surface area contributed by atoms with Gasteiger partial charge in [-0.1, -0.05) is 53.2 Å². The fourth-order valence-electron chi connectivity index (χ4n) is 2.26. The molecule has 2 unspecified atom stereocenters. The van der Waals surface area contributed by atoms with E-state index in [0.717, 1.165) is 13.0 Å². The van der Waals surface area contributed by atoms with Crippen LogP contribution in [-0.2, 0) is 14.3 Å². The summed E-state index contributed by atoms with van der Waals surface area (Å²) in [5.74, 6) is -2.22. The summed E-state index contributed by atoms with van der Waals surface area (Å²) in [6, 6.07) is 8.26. The molecule has 5 nitrogen and oxygen atoms in total. The quantitative estimate of drug-likeness (QED) is 0.373. The summed E-state index contributed by atoms with van der Waals surface area (Å²) < 4.78 is 4.88. The predicted octanol–water partition coefficient (Wildman–Crippen LogP) is 2.09. The van der Waals surface area contributed by atoms with Crippen LogP contribution < -0.4 is 5.32 Å². The van der Waals surface area contributed by atoms with E-state index in [9.17, 15) is 14.4 Å². The largest absolute Gasteiger partial charge is 0.392 e. The van der Waals surface area contributed by atoms with Gasteiger partial charge in [-0.05, 0) is 19.4 Å². The third-order valence-corrected chi connectivity index (χ3v) is 4.87. The van der Waals surface area contributed by atoms with Crippen molar-refractivity contribution in [1.82, 2.24) is 5.32 Å². The van der Waals surface area contributed by atoms with Gasteiger partial charge < -0.3 is 10.1 Å². The molecule has 1 saturated heterocycles. The van der Waals surface area contributed by atoms with Crippen molar-refractivity contribution in [3.8, 4) is 0 Å². The van der Waals surface area contributed by atoms with E-state index in [1.807, 2.05) is 6.07 Å². The van der Waals surface area contributed by atoms with E-state index in [1.165, 1.54) is 0 Å². The van der Waals surface area contributed by atoms with Crippen LogP contribution in [0.5, 0.6) is 0 Å². The normalized spacial score (nSPS) is 20.2. The lowest BCUT2D eigenvalue weighted by Crippen LogP contribution is -2.37. The number of halogens is 1. The first kappa shape index (κ1) is 16.8. The van der Waals surface area contributed by atoms with Crippen molar-refractivity contribution in [3.63, 3.8) is 0 Å². The molecule has 1 aromatic carbocycles. The smallest absolute Gasteiger partial charge is 0.330 e. The molecular weight excluding hydrogens is 350 g/mol. The topological polar surface area (TPSA) is 72.5 Å². The van der Waals surface area contributed by atoms with Gasteiger partial charge >= 0.3 is 11.9 Å². The number of ketones is 1. The molecule has 1 aromatic rings. The molecule has 118 valence electrons. The van der Waals surface area contributed by atoms with E-state index in [1.54, 1.807) is 31.2 Å². The van der Waals surface area contributed by atoms with Gasteiger partial charge in [-0.3, -0.25) is 9.59 Å². The average molecular weight is 368 g/mol. The van der Waals surface area contributed by atoms with Crippen LogP contribution in [0.15, 0.2) is 30.3 Å². The number of esters is 2. The Morgan fingerprint density at radius 1 is 1.27 bits per heavy atom. The van der Waals surface area contributed by atoms with E-state index in [-0.39, 0.29) is 5.78 Å². The van der Waals surface area contributed by atoms with Gasteiger partial charge in [-0.2, -0.15) is 0 Å². The van der Waals surface area contributed by atoms with E-state index < -0.39 is 28.7 Å². The van der Waals surface area contributed by atoms with Gasteiger partial charge in [0.15, 0.2) is 5.78 Å². The molecule has 0 spiro atoms. The van der Waals surface area contributed by atoms with Gasteiger partial charge in [0.25, 0.3) is 0 Å². The number of ether oxygens (including phenoxy) is 1. The molecule has 2 rings (SSSR count). The standard InChI is InChI=1S/C16H18BrNO4/c1-10(13(17)14(19)11-6-3-2-4-7-11)15(20)22-16(21)12-8-5-9-18-12/h2-4,6-7,10,12-13,18H,5,8-9H2,1H3/t10?,12-,13?/m0/s1. The minimum atomic E-state index is -0.752. The molecule has 1 aliphatic rings. The molecule has 6 heteroatoms. The molecule has 1 aliphatic heterocycles. The van der Waals surface area contributed by atoms with Crippen LogP contribution in [0.2, 0.25) is 0 Å². The number of hydrogen-bond acceptors (Lipinski definition) is 5. The molecule has 3 atom stereocenters. The maximum Gasteiger partial charge on any atom is 0.330 e. The van der Waals surface area contributed by atoms with Gasteiger partial charge in [-0.15, -0.1) is 0 Å². The van der Waals surface area contributed by atoms with E-state index in [2.05, 4.69) is 21.2 Å². The Hall–Kier alpha value is -1.53. The predicted molar refractivity (Wildman–Crippen MR) is 84.8 cm³/mol. The fraction of sp³-hybridized carbons (Fsp3) is 0.438. The molecule has 0 saturated carbocycles. The number of benzene rings is 1. The molecule has 1 heterocycles. The van der Waals surface area contributed by atoms with Gasteiger partial charge in [0, 0.05) is 5.56 Å². The molecule has 22 heavy (non-hydrogen) atoms. The third kappa shape index (κ3) is 4.01. The molecule has 1 N–H and O–H groups in total. The molecule has 1 fully saturated rings. The van der Waals surface area contributed by atoms with Crippen LogP contribution in [0, 0.1) is 5.92 Å². The lowest BCUT2D eigenvalue weighted by Gasteiger charge is -2.17. The molecule has 0 amide bonds. The Kier molecular flexibility index (Phi) is 5.85. The molecular formula is C16H18BrNO4. The van der Waals surface area contributed by atoms with Crippen LogP contribution in [0.3, 0.4) is 0 Å². The fourth-order valence-corrected chi connectivity index (χ4v) is 2.74. The lowest BCUT2D eigenvalue weighted by molar-refractivity contribution is -0.163. The highest BCUT2D eigenvalue weighted by molar-refractivity contribution is 9.10. The summed E-state index contributed by atoms with van der Waals surface area (Å²) in [6.45, 7) is 2.31. The van der Waals surface area contributed by atoms with Crippen molar-refractivity contribution in [2.24, 2.45) is 5.92 Å². The highest BCUT2D eigenvalue weighted by atomic mass is 79.9. The minimum Gasteiger partial charge on any atom is -0.392 e. The molecule has 0 aromatic heterocycles. The second kappa shape index (κ2) is 7.65. The summed E-state index contributed by atoms with van der Waals surface area (Å²) >= 11 is 3.24. The average Bonchev–Trinajstić information content (AvgIpc) is 3.08. The Bertz CT molecular complexity index is 555. The van der Waals surface area contributed by atoms with Gasteiger partial charge in [0.05, 0.1) is 10.7 Å². The molecule has 0 radical (unpaired) electrons. The maximum atomic E-state index is 12.3. The first-order valence-corrected chi connectivity index (χ1v) is 8.14. The molecule has 0 bridgehead atoms. The highest BCUT2D eigenvalue weighted by Gasteiger charge is 2.33. The van der Waals surface area contributed by atoms with Gasteiger partial charge in [-0.25, -0.2) is 4.79 Å². The van der Waals surface area contributed by atoms with E-state index in [0.29, 0.717) is 12.0 Å². The van der Waals surface area contributed by atoms with Crippen molar-refractivity contribution in [2.45, 2.75) is 30.6 Å². The van der Waals surface area contributed by atoms with Crippen LogP contribution >= 0.6 is 15.9 Å². The van der Waals surface area contributed by atoms with Crippen LogP contribution in [0.25, 0.3) is 0 Å². The second-order valence-electron chi connectivity index (χ2n) is 5.31. The zero-order valence-corrected chi connectivity index (χ0v) is 13.8. The Morgan fingerprint density at radius 2 is 1.95 bits per heavy atom. The first-order chi connectivity index (χ1) is 10.5. The number of carbonyl (C=O) groups is 3. The van der Waals surface area contributed by atoms with Gasteiger partial charge in [0.1, 0.15) is 6.04 Å². The number of rotatable bonds is 5. The maximum absolute atomic E-state index is 12.3. The van der Waals surface area contributed by atoms with Crippen molar-refractivity contribution < 1.29 is 19.1 Å². The van der Waals surface area contributed by atoms with Crippen molar-refractivity contribution in [1.29, 1.82) is 0 Å². The van der Waals surface area contributed by atoms with Crippen LogP contribution in [-0.4, -0.2) is 35.1 Å². The minimum absolute atomic E-state index is 0.212. The van der Waals surface area contributed by atoms with E-state index >= 15 is 0 Å². The molecule has 0 aliphatic carbocycles. The summed E-state index contributed by atoms with van der Waals surface area (Å²) in [5, 5.41) is 2.97. The van der Waals surface area contributed by atoms with Crippen LogP contribution in [0.4, 0.5) is 0 Å². The summed E-state index contributed by atoms with van der Waals surface area (Å²) in [5.41, 5.74) is 0.507. The highest BCUT2D eigenvalue weighted by Crippen LogP contribution is 2.20. The van der Waals surface area contributed by atoms with Crippen molar-refractivity contribution in [3.05, 3.63) is 35.9 Å². The van der Waals surface area contributed by atoms with Crippen molar-refractivity contribution in [2.75, 3.05) is 6.54 Å². The SMILES string of the molecule is CC(C(=O)OC(=O)[C@@H]1CCCN1)C(Br)C(=O)c1ccccc1. The van der Waals surface area contributed by atoms with E-state index in [4.69, 9.17) is 4.74 Å². The Balaban J connectivity index is 1.94. The van der Waals surface area contributed by atoms with Crippen LogP contribution in [0.1, 0.15) is 30.1 Å². The van der Waals surface area contributed by atoms with Gasteiger partial charge in [0.2, 0.25) is 0 Å². The van der Waals surface area contributed by atoms with Crippen molar-refractivity contribution >= 4 is 33.7 Å². The Morgan fingerprint density at radius 3 is 2.55 bits per heavy atom.